The van der Waals surface area contributed by atoms with E-state index in [1.54, 1.807) is 12.1 Å². The Morgan fingerprint density at radius 1 is 1.06 bits per heavy atom. The third-order valence-corrected chi connectivity index (χ3v) is 7.64. The lowest BCUT2D eigenvalue weighted by molar-refractivity contribution is 0.172. The summed E-state index contributed by atoms with van der Waals surface area (Å²) in [6.45, 7) is 3.68. The van der Waals surface area contributed by atoms with Gasteiger partial charge in [-0.1, -0.05) is 48.4 Å². The van der Waals surface area contributed by atoms with Gasteiger partial charge in [0.1, 0.15) is 5.82 Å². The Balaban J connectivity index is 1.56. The van der Waals surface area contributed by atoms with Gasteiger partial charge in [0, 0.05) is 23.7 Å². The average Bonchev–Trinajstić information content (AvgIpc) is 3.17. The van der Waals surface area contributed by atoms with Gasteiger partial charge in [-0.05, 0) is 61.4 Å². The Morgan fingerprint density at radius 2 is 1.74 bits per heavy atom. The molecule has 7 nitrogen and oxygen atoms in total. The van der Waals surface area contributed by atoms with Gasteiger partial charge in [0.2, 0.25) is 0 Å². The number of nitrogens with zero attached hydrogens (tertiary/aromatic N) is 3. The van der Waals surface area contributed by atoms with Crippen molar-refractivity contribution in [3.05, 3.63) is 88.7 Å². The molecule has 4 aromatic rings. The number of benzene rings is 3. The van der Waals surface area contributed by atoms with Crippen molar-refractivity contribution >= 4 is 38.8 Å². The summed E-state index contributed by atoms with van der Waals surface area (Å²) in [6.07, 6.45) is -0.523. The van der Waals surface area contributed by atoms with Crippen molar-refractivity contribution in [3.8, 4) is 5.69 Å². The average molecular weight is 498 g/mol. The second-order valence-electron chi connectivity index (χ2n) is 7.94. The van der Waals surface area contributed by atoms with Gasteiger partial charge >= 0.3 is 6.09 Å². The van der Waals surface area contributed by atoms with Crippen LogP contribution < -0.4 is 0 Å². The highest BCUT2D eigenvalue weighted by molar-refractivity contribution is 7.89. The van der Waals surface area contributed by atoms with E-state index in [1.165, 1.54) is 12.1 Å². The molecule has 0 aliphatic heterocycles. The standard InChI is InChI=1S/C25H24ClN3O4S/c1-3-24-27-22-16-19(26)8-13-23(22)29(24)20-9-6-18(7-10-20)14-15-28(25(30)31)34(32,33)21-11-4-17(2)5-12-21/h4-13,16H,3,14-15H2,1-2H3,(H,30,31). The van der Waals surface area contributed by atoms with Crippen LogP contribution in [0.1, 0.15) is 23.9 Å². The minimum Gasteiger partial charge on any atom is -0.464 e. The maximum atomic E-state index is 12.9. The summed E-state index contributed by atoms with van der Waals surface area (Å²) in [6, 6.07) is 19.3. The van der Waals surface area contributed by atoms with Crippen molar-refractivity contribution < 1.29 is 18.3 Å². The molecule has 0 aliphatic carbocycles. The zero-order chi connectivity index (χ0) is 24.5. The Morgan fingerprint density at radius 3 is 2.35 bits per heavy atom. The number of carboxylic acid groups (broad SMARTS) is 1. The van der Waals surface area contributed by atoms with Gasteiger partial charge in [0.15, 0.2) is 0 Å². The van der Waals surface area contributed by atoms with Crippen molar-refractivity contribution in [3.63, 3.8) is 0 Å². The maximum Gasteiger partial charge on any atom is 0.421 e. The van der Waals surface area contributed by atoms with Crippen LogP contribution in [0, 0.1) is 6.92 Å². The monoisotopic (exact) mass is 497 g/mol. The molecule has 3 aromatic carbocycles. The highest BCUT2D eigenvalue weighted by Crippen LogP contribution is 2.25. The van der Waals surface area contributed by atoms with Crippen LogP contribution in [0.2, 0.25) is 5.02 Å². The lowest BCUT2D eigenvalue weighted by atomic mass is 10.1. The lowest BCUT2D eigenvalue weighted by Crippen LogP contribution is -2.37. The largest absolute Gasteiger partial charge is 0.464 e. The van der Waals surface area contributed by atoms with Crippen molar-refractivity contribution in [1.29, 1.82) is 0 Å². The number of aryl methyl sites for hydroxylation is 2. The van der Waals surface area contributed by atoms with Gasteiger partial charge in [0.05, 0.1) is 15.9 Å². The summed E-state index contributed by atoms with van der Waals surface area (Å²) in [5.74, 6) is 0.895. The van der Waals surface area contributed by atoms with E-state index in [-0.39, 0.29) is 17.9 Å². The summed E-state index contributed by atoms with van der Waals surface area (Å²) in [5, 5.41) is 10.2. The molecule has 0 radical (unpaired) electrons. The van der Waals surface area contributed by atoms with E-state index >= 15 is 0 Å². The molecule has 0 unspecified atom stereocenters. The SMILES string of the molecule is CCc1nc2cc(Cl)ccc2n1-c1ccc(CCN(C(=O)O)S(=O)(=O)c2ccc(C)cc2)cc1. The van der Waals surface area contributed by atoms with Crippen LogP contribution in [0.4, 0.5) is 4.79 Å². The molecular formula is C25H24ClN3O4S. The van der Waals surface area contributed by atoms with Crippen LogP contribution in [0.5, 0.6) is 0 Å². The van der Waals surface area contributed by atoms with Crippen LogP contribution >= 0.6 is 11.6 Å². The van der Waals surface area contributed by atoms with E-state index in [4.69, 9.17) is 11.6 Å². The number of halogens is 1. The Hall–Kier alpha value is -3.36. The van der Waals surface area contributed by atoms with Gasteiger partial charge in [-0.3, -0.25) is 4.57 Å². The van der Waals surface area contributed by atoms with Gasteiger partial charge in [-0.15, -0.1) is 0 Å². The molecule has 1 aromatic heterocycles. The highest BCUT2D eigenvalue weighted by Gasteiger charge is 2.28. The number of hydrogen-bond donors (Lipinski definition) is 1. The maximum absolute atomic E-state index is 12.9. The van der Waals surface area contributed by atoms with Gasteiger partial charge in [-0.25, -0.2) is 22.5 Å². The van der Waals surface area contributed by atoms with E-state index in [9.17, 15) is 18.3 Å². The van der Waals surface area contributed by atoms with Crippen LogP contribution in [0.3, 0.4) is 0 Å². The Bertz CT molecular complexity index is 1450. The number of sulfonamides is 1. The molecule has 9 heteroatoms. The molecule has 1 amide bonds. The Labute approximate surface area is 203 Å². The number of aromatic nitrogens is 2. The van der Waals surface area contributed by atoms with E-state index in [1.807, 2.05) is 56.3 Å². The van der Waals surface area contributed by atoms with Gasteiger partial charge in [-0.2, -0.15) is 0 Å². The lowest BCUT2D eigenvalue weighted by Gasteiger charge is -2.19. The molecule has 176 valence electrons. The number of imidazole rings is 1. The molecule has 0 saturated heterocycles. The van der Waals surface area contributed by atoms with Crippen LogP contribution in [0.25, 0.3) is 16.7 Å². The number of amides is 1. The number of rotatable bonds is 7. The molecule has 0 aliphatic rings. The van der Waals surface area contributed by atoms with Crippen molar-refractivity contribution in [2.24, 2.45) is 0 Å². The summed E-state index contributed by atoms with van der Waals surface area (Å²) < 4.78 is 28.3. The molecule has 0 bridgehead atoms. The highest BCUT2D eigenvalue weighted by atomic mass is 35.5. The number of fused-ring (bicyclic) bond motifs is 1. The molecule has 4 rings (SSSR count). The first kappa shape index (κ1) is 23.8. The minimum atomic E-state index is -4.16. The molecule has 0 atom stereocenters. The zero-order valence-electron chi connectivity index (χ0n) is 18.8. The van der Waals surface area contributed by atoms with Crippen molar-refractivity contribution in [2.75, 3.05) is 6.54 Å². The second-order valence-corrected chi connectivity index (χ2v) is 10.2. The predicted octanol–water partition coefficient (Wildman–Crippen LogP) is 5.46. The predicted molar refractivity (Wildman–Crippen MR) is 132 cm³/mol. The Kier molecular flexibility index (Phi) is 6.63. The molecule has 1 heterocycles. The quantitative estimate of drug-likeness (QED) is 0.366. The van der Waals surface area contributed by atoms with Crippen molar-refractivity contribution in [1.82, 2.24) is 13.9 Å². The van der Waals surface area contributed by atoms with Gasteiger partial charge < -0.3 is 5.11 Å². The first-order valence-corrected chi connectivity index (χ1v) is 12.6. The summed E-state index contributed by atoms with van der Waals surface area (Å²) in [5.41, 5.74) is 4.37. The van der Waals surface area contributed by atoms with Gasteiger partial charge in [0.25, 0.3) is 10.0 Å². The third-order valence-electron chi connectivity index (χ3n) is 5.62. The summed E-state index contributed by atoms with van der Waals surface area (Å²) in [7, 11) is -4.16. The topological polar surface area (TPSA) is 92.5 Å². The first-order chi connectivity index (χ1) is 16.2. The van der Waals surface area contributed by atoms with Crippen LogP contribution in [-0.2, 0) is 22.9 Å². The smallest absolute Gasteiger partial charge is 0.421 e. The fourth-order valence-corrected chi connectivity index (χ4v) is 5.27. The van der Waals surface area contributed by atoms with E-state index in [0.29, 0.717) is 9.33 Å². The minimum absolute atomic E-state index is 0.0463. The zero-order valence-corrected chi connectivity index (χ0v) is 20.3. The summed E-state index contributed by atoms with van der Waals surface area (Å²) in [4.78, 5) is 16.4. The van der Waals surface area contributed by atoms with Crippen LogP contribution in [-0.4, -0.2) is 40.0 Å². The fourth-order valence-electron chi connectivity index (χ4n) is 3.83. The van der Waals surface area contributed by atoms with E-state index in [2.05, 4.69) is 9.55 Å². The molecule has 1 N–H and O–H groups in total. The molecule has 0 fully saturated rings. The van der Waals surface area contributed by atoms with Crippen LogP contribution in [0.15, 0.2) is 71.6 Å². The first-order valence-electron chi connectivity index (χ1n) is 10.8. The molecule has 34 heavy (non-hydrogen) atoms. The van der Waals surface area contributed by atoms with E-state index in [0.717, 1.165) is 40.1 Å². The normalized spacial score (nSPS) is 11.6. The molecule has 0 saturated carbocycles. The van der Waals surface area contributed by atoms with E-state index < -0.39 is 16.1 Å². The van der Waals surface area contributed by atoms with Crippen molar-refractivity contribution in [2.45, 2.75) is 31.6 Å². The number of hydrogen-bond acceptors (Lipinski definition) is 4. The number of carbonyl (C=O) groups is 1. The summed E-state index contributed by atoms with van der Waals surface area (Å²) >= 11 is 6.11. The second kappa shape index (κ2) is 9.48. The molecular weight excluding hydrogens is 474 g/mol. The fraction of sp³-hybridized carbons (Fsp3) is 0.200. The molecule has 0 spiro atoms. The third kappa shape index (κ3) is 4.64.